The lowest BCUT2D eigenvalue weighted by atomic mass is 10.0. The molecule has 0 aromatic heterocycles. The van der Waals surface area contributed by atoms with Crippen molar-refractivity contribution in [1.82, 2.24) is 0 Å². The number of rotatable bonds is 2. The summed E-state index contributed by atoms with van der Waals surface area (Å²) >= 11 is 2.20. The molecule has 0 spiro atoms. The van der Waals surface area contributed by atoms with Crippen LogP contribution in [0.2, 0.25) is 0 Å². The Balaban J connectivity index is 1.94. The normalized spacial score (nSPS) is 13.7. The quantitative estimate of drug-likeness (QED) is 0.589. The summed E-state index contributed by atoms with van der Waals surface area (Å²) in [7, 11) is 0. The Bertz CT molecular complexity index is 652. The fourth-order valence-corrected chi connectivity index (χ4v) is 2.64. The maximum atomic E-state index is 12.5. The van der Waals surface area contributed by atoms with Gasteiger partial charge in [-0.3, -0.25) is 4.79 Å². The Hall–Kier alpha value is -1.56. The first-order valence-electron chi connectivity index (χ1n) is 6.44. The summed E-state index contributed by atoms with van der Waals surface area (Å²) in [6, 6.07) is 12.9. The summed E-state index contributed by atoms with van der Waals surface area (Å²) in [6.07, 6.45) is 0.856. The minimum atomic E-state index is -0.000775. The van der Waals surface area contributed by atoms with Gasteiger partial charge < -0.3 is 9.47 Å². The van der Waals surface area contributed by atoms with Crippen LogP contribution in [0.5, 0.6) is 11.5 Å². The van der Waals surface area contributed by atoms with Crippen molar-refractivity contribution in [3.63, 3.8) is 0 Å². The van der Waals surface area contributed by atoms with Crippen LogP contribution in [0.1, 0.15) is 22.3 Å². The van der Waals surface area contributed by atoms with Crippen molar-refractivity contribution in [2.24, 2.45) is 0 Å². The fourth-order valence-electron chi connectivity index (χ4n) is 2.10. The Labute approximate surface area is 131 Å². The molecule has 2 aromatic carbocycles. The molecule has 0 saturated carbocycles. The van der Waals surface area contributed by atoms with E-state index in [2.05, 4.69) is 22.6 Å². The van der Waals surface area contributed by atoms with Crippen LogP contribution >= 0.6 is 22.6 Å². The molecule has 20 heavy (non-hydrogen) atoms. The van der Waals surface area contributed by atoms with Crippen molar-refractivity contribution in [1.29, 1.82) is 0 Å². The number of fused-ring (bicyclic) bond motifs is 1. The van der Waals surface area contributed by atoms with E-state index in [1.54, 1.807) is 12.1 Å². The van der Waals surface area contributed by atoms with E-state index in [1.165, 1.54) is 0 Å². The van der Waals surface area contributed by atoms with Crippen LogP contribution in [-0.2, 0) is 0 Å². The van der Waals surface area contributed by atoms with Crippen molar-refractivity contribution in [2.75, 3.05) is 13.2 Å². The number of carbonyl (C=O) groups is 1. The molecule has 2 aromatic rings. The van der Waals surface area contributed by atoms with Gasteiger partial charge in [-0.1, -0.05) is 12.1 Å². The lowest BCUT2D eigenvalue weighted by Crippen LogP contribution is -2.02. The van der Waals surface area contributed by atoms with E-state index >= 15 is 0 Å². The third-order valence-corrected chi connectivity index (χ3v) is 3.77. The van der Waals surface area contributed by atoms with Gasteiger partial charge in [0.05, 0.1) is 13.2 Å². The average molecular weight is 380 g/mol. The largest absolute Gasteiger partial charge is 0.490 e. The second kappa shape index (κ2) is 5.83. The number of hydrogen-bond acceptors (Lipinski definition) is 3. The van der Waals surface area contributed by atoms with Gasteiger partial charge in [0.25, 0.3) is 0 Å². The predicted molar refractivity (Wildman–Crippen MR) is 84.6 cm³/mol. The predicted octanol–water partition coefficient (Wildman–Crippen LogP) is 3.68. The number of ether oxygens (including phenoxy) is 2. The van der Waals surface area contributed by atoms with Crippen LogP contribution in [0.4, 0.5) is 0 Å². The maximum Gasteiger partial charge on any atom is 0.193 e. The zero-order valence-corrected chi connectivity index (χ0v) is 12.9. The van der Waals surface area contributed by atoms with E-state index in [0.29, 0.717) is 35.8 Å². The number of benzene rings is 2. The molecule has 4 heteroatoms. The van der Waals surface area contributed by atoms with Crippen molar-refractivity contribution >= 4 is 28.4 Å². The standard InChI is InChI=1S/C16H13IO3/c17-13-4-1-3-11(9-13)16(18)12-5-6-14-15(10-12)20-8-2-7-19-14/h1,3-6,9-10H,2,7-8H2. The number of ketones is 1. The molecule has 102 valence electrons. The highest BCUT2D eigenvalue weighted by Crippen LogP contribution is 2.31. The highest BCUT2D eigenvalue weighted by molar-refractivity contribution is 14.1. The average Bonchev–Trinajstić information content (AvgIpc) is 2.71. The molecule has 0 fully saturated rings. The molecule has 0 N–H and O–H groups in total. The molecule has 3 rings (SSSR count). The van der Waals surface area contributed by atoms with Crippen molar-refractivity contribution in [2.45, 2.75) is 6.42 Å². The molecular formula is C16H13IO3. The molecule has 0 saturated heterocycles. The van der Waals surface area contributed by atoms with Crippen LogP contribution in [0.15, 0.2) is 42.5 Å². The minimum absolute atomic E-state index is 0.000775. The van der Waals surface area contributed by atoms with Gasteiger partial charge >= 0.3 is 0 Å². The Morgan fingerprint density at radius 2 is 1.70 bits per heavy atom. The molecule has 1 heterocycles. The van der Waals surface area contributed by atoms with E-state index in [4.69, 9.17) is 9.47 Å². The first kappa shape index (κ1) is 13.4. The van der Waals surface area contributed by atoms with Gasteiger partial charge in [-0.2, -0.15) is 0 Å². The maximum absolute atomic E-state index is 12.5. The second-order valence-corrected chi connectivity index (χ2v) is 5.80. The molecule has 0 unspecified atom stereocenters. The summed E-state index contributed by atoms with van der Waals surface area (Å²) in [6.45, 7) is 1.27. The highest BCUT2D eigenvalue weighted by Gasteiger charge is 2.15. The van der Waals surface area contributed by atoms with Gasteiger partial charge in [0.2, 0.25) is 0 Å². The monoisotopic (exact) mass is 380 g/mol. The summed E-state index contributed by atoms with van der Waals surface area (Å²) in [5, 5.41) is 0. The molecular weight excluding hydrogens is 367 g/mol. The van der Waals surface area contributed by atoms with E-state index in [1.807, 2.05) is 30.3 Å². The zero-order valence-electron chi connectivity index (χ0n) is 10.8. The summed E-state index contributed by atoms with van der Waals surface area (Å²) in [4.78, 5) is 12.5. The lowest BCUT2D eigenvalue weighted by molar-refractivity contribution is 0.103. The number of carbonyl (C=O) groups excluding carboxylic acids is 1. The Morgan fingerprint density at radius 3 is 2.50 bits per heavy atom. The van der Waals surface area contributed by atoms with Gasteiger partial charge in [-0.05, 0) is 52.9 Å². The molecule has 0 bridgehead atoms. The minimum Gasteiger partial charge on any atom is -0.490 e. The van der Waals surface area contributed by atoms with Crippen LogP contribution in [0.25, 0.3) is 0 Å². The topological polar surface area (TPSA) is 35.5 Å². The van der Waals surface area contributed by atoms with E-state index in [9.17, 15) is 4.79 Å². The molecule has 0 radical (unpaired) electrons. The summed E-state index contributed by atoms with van der Waals surface area (Å²) in [5.74, 6) is 1.36. The van der Waals surface area contributed by atoms with E-state index in [0.717, 1.165) is 9.99 Å². The Kier molecular flexibility index (Phi) is 3.91. The van der Waals surface area contributed by atoms with Crippen LogP contribution in [-0.4, -0.2) is 19.0 Å². The first-order chi connectivity index (χ1) is 9.74. The van der Waals surface area contributed by atoms with E-state index in [-0.39, 0.29) is 5.78 Å². The van der Waals surface area contributed by atoms with Gasteiger partial charge in [-0.15, -0.1) is 0 Å². The highest BCUT2D eigenvalue weighted by atomic mass is 127. The molecule has 0 amide bonds. The van der Waals surface area contributed by atoms with Gasteiger partial charge in [0, 0.05) is 21.1 Å². The summed E-state index contributed by atoms with van der Waals surface area (Å²) < 4.78 is 12.2. The Morgan fingerprint density at radius 1 is 0.950 bits per heavy atom. The van der Waals surface area contributed by atoms with Crippen molar-refractivity contribution in [3.8, 4) is 11.5 Å². The molecule has 0 aliphatic carbocycles. The summed E-state index contributed by atoms with van der Waals surface area (Å²) in [5.41, 5.74) is 1.31. The van der Waals surface area contributed by atoms with Crippen LogP contribution in [0, 0.1) is 3.57 Å². The lowest BCUT2D eigenvalue weighted by Gasteiger charge is -2.09. The molecule has 1 aliphatic rings. The molecule has 3 nitrogen and oxygen atoms in total. The van der Waals surface area contributed by atoms with Crippen LogP contribution < -0.4 is 9.47 Å². The third-order valence-electron chi connectivity index (χ3n) is 3.10. The third kappa shape index (κ3) is 2.80. The van der Waals surface area contributed by atoms with Gasteiger partial charge in [0.15, 0.2) is 17.3 Å². The molecule has 1 aliphatic heterocycles. The second-order valence-electron chi connectivity index (χ2n) is 4.55. The number of hydrogen-bond donors (Lipinski definition) is 0. The van der Waals surface area contributed by atoms with Crippen molar-refractivity contribution < 1.29 is 14.3 Å². The van der Waals surface area contributed by atoms with E-state index < -0.39 is 0 Å². The number of halogens is 1. The van der Waals surface area contributed by atoms with Gasteiger partial charge in [-0.25, -0.2) is 0 Å². The SMILES string of the molecule is O=C(c1cccc(I)c1)c1ccc2c(c1)OCCCO2. The molecule has 0 atom stereocenters. The smallest absolute Gasteiger partial charge is 0.193 e. The van der Waals surface area contributed by atoms with Gasteiger partial charge in [0.1, 0.15) is 0 Å². The van der Waals surface area contributed by atoms with Crippen molar-refractivity contribution in [3.05, 3.63) is 57.2 Å². The van der Waals surface area contributed by atoms with Crippen LogP contribution in [0.3, 0.4) is 0 Å². The fraction of sp³-hybridized carbons (Fsp3) is 0.188. The first-order valence-corrected chi connectivity index (χ1v) is 7.52. The zero-order chi connectivity index (χ0) is 13.9.